The van der Waals surface area contributed by atoms with E-state index in [4.69, 9.17) is 0 Å². The van der Waals surface area contributed by atoms with Gasteiger partial charge in [0.1, 0.15) is 0 Å². The molecule has 1 aromatic carbocycles. The molecule has 0 amide bonds. The van der Waals surface area contributed by atoms with Crippen molar-refractivity contribution in [3.8, 4) is 0 Å². The Morgan fingerprint density at radius 2 is 2.16 bits per heavy atom. The molecule has 0 spiro atoms. The van der Waals surface area contributed by atoms with E-state index in [0.29, 0.717) is 5.56 Å². The number of hydrogen-bond acceptors (Lipinski definition) is 2. The highest BCUT2D eigenvalue weighted by atomic mass is 16.1. The fraction of sp³-hybridized carbons (Fsp3) is 0.125. The Bertz CT molecular complexity index is 743. The zero-order chi connectivity index (χ0) is 13.2. The molecule has 0 aliphatic carbocycles. The highest BCUT2D eigenvalue weighted by Crippen LogP contribution is 2.18. The summed E-state index contributed by atoms with van der Waals surface area (Å²) >= 11 is 0. The number of aryl methyl sites for hydroxylation is 1. The quantitative estimate of drug-likeness (QED) is 0.725. The molecule has 3 rings (SSSR count). The lowest BCUT2D eigenvalue weighted by Crippen LogP contribution is -1.89. The van der Waals surface area contributed by atoms with Crippen molar-refractivity contribution in [2.75, 3.05) is 0 Å². The van der Waals surface area contributed by atoms with E-state index in [2.05, 4.69) is 41.2 Å². The van der Waals surface area contributed by atoms with E-state index >= 15 is 0 Å². The molecule has 0 fully saturated rings. The summed E-state index contributed by atoms with van der Waals surface area (Å²) in [4.78, 5) is 18.6. The van der Waals surface area contributed by atoms with Gasteiger partial charge >= 0.3 is 0 Å². The summed E-state index contributed by atoms with van der Waals surface area (Å²) in [5, 5.41) is 0. The summed E-state index contributed by atoms with van der Waals surface area (Å²) in [5.41, 5.74) is 5.88. The Morgan fingerprint density at radius 1 is 1.26 bits per heavy atom. The summed E-state index contributed by atoms with van der Waals surface area (Å²) in [7, 11) is 0. The lowest BCUT2D eigenvalue weighted by molar-refractivity contribution is 0.112. The average molecular weight is 250 g/mol. The molecule has 2 heterocycles. The lowest BCUT2D eigenvalue weighted by atomic mass is 10.1. The molecule has 94 valence electrons. The van der Waals surface area contributed by atoms with Gasteiger partial charge in [0, 0.05) is 23.9 Å². The Labute approximate surface area is 111 Å². The van der Waals surface area contributed by atoms with Crippen LogP contribution in [0.25, 0.3) is 11.0 Å². The van der Waals surface area contributed by atoms with Crippen LogP contribution in [0.1, 0.15) is 27.2 Å². The maximum Gasteiger partial charge on any atom is 0.152 e. The number of carbonyl (C=O) groups excluding carboxylic acids is 1. The summed E-state index contributed by atoms with van der Waals surface area (Å²) in [6.45, 7) is 2.08. The standard InChI is InChI=1S/C16H14N2O/c1-11-3-2-4-12(7-11)8-14-9-15-16(18-14)13(10-19)5-6-17-15/h2-7,9-10,18H,8H2,1H3. The van der Waals surface area contributed by atoms with E-state index in [1.807, 2.05) is 6.07 Å². The lowest BCUT2D eigenvalue weighted by Gasteiger charge is -2.00. The number of aromatic nitrogens is 2. The zero-order valence-corrected chi connectivity index (χ0v) is 10.7. The van der Waals surface area contributed by atoms with Gasteiger partial charge in [-0.2, -0.15) is 0 Å². The molecule has 0 aliphatic rings. The molecule has 0 unspecified atom stereocenters. The number of fused-ring (bicyclic) bond motifs is 1. The Balaban J connectivity index is 2.00. The molecule has 1 N–H and O–H groups in total. The van der Waals surface area contributed by atoms with Gasteiger partial charge in [0.15, 0.2) is 6.29 Å². The van der Waals surface area contributed by atoms with Gasteiger partial charge in [0.2, 0.25) is 0 Å². The molecule has 0 bridgehead atoms. The maximum atomic E-state index is 11.0. The third-order valence-corrected chi connectivity index (χ3v) is 3.21. The third kappa shape index (κ3) is 2.27. The van der Waals surface area contributed by atoms with Crippen molar-refractivity contribution in [2.45, 2.75) is 13.3 Å². The number of hydrogen-bond donors (Lipinski definition) is 1. The van der Waals surface area contributed by atoms with E-state index < -0.39 is 0 Å². The van der Waals surface area contributed by atoms with E-state index in [9.17, 15) is 4.79 Å². The molecular formula is C16H14N2O. The van der Waals surface area contributed by atoms with Crippen molar-refractivity contribution in [3.63, 3.8) is 0 Å². The van der Waals surface area contributed by atoms with Crippen LogP contribution in [0.15, 0.2) is 42.6 Å². The fourth-order valence-corrected chi connectivity index (χ4v) is 2.34. The van der Waals surface area contributed by atoms with Crippen molar-refractivity contribution in [1.29, 1.82) is 0 Å². The first kappa shape index (κ1) is 11.7. The predicted octanol–water partition coefficient (Wildman–Crippen LogP) is 3.27. The summed E-state index contributed by atoms with van der Waals surface area (Å²) in [5.74, 6) is 0. The maximum absolute atomic E-state index is 11.0. The number of benzene rings is 1. The van der Waals surface area contributed by atoms with Gasteiger partial charge in [-0.15, -0.1) is 0 Å². The number of H-pyrrole nitrogens is 1. The molecule has 0 saturated carbocycles. The SMILES string of the molecule is Cc1cccc(Cc2cc3nccc(C=O)c3[nH]2)c1. The topological polar surface area (TPSA) is 45.8 Å². The summed E-state index contributed by atoms with van der Waals surface area (Å²) < 4.78 is 0. The van der Waals surface area contributed by atoms with E-state index in [1.165, 1.54) is 11.1 Å². The van der Waals surface area contributed by atoms with Crippen molar-refractivity contribution in [2.24, 2.45) is 0 Å². The number of carbonyl (C=O) groups is 1. The predicted molar refractivity (Wildman–Crippen MR) is 75.5 cm³/mol. The normalized spacial score (nSPS) is 10.8. The minimum Gasteiger partial charge on any atom is -0.356 e. The van der Waals surface area contributed by atoms with Crippen LogP contribution in [0.5, 0.6) is 0 Å². The molecule has 2 aromatic heterocycles. The Kier molecular flexibility index (Phi) is 2.88. The second-order valence-electron chi connectivity index (χ2n) is 4.74. The number of pyridine rings is 1. The molecule has 3 aromatic rings. The molecule has 0 radical (unpaired) electrons. The first-order chi connectivity index (χ1) is 9.26. The smallest absolute Gasteiger partial charge is 0.152 e. The Morgan fingerprint density at radius 3 is 2.95 bits per heavy atom. The van der Waals surface area contributed by atoms with Gasteiger partial charge in [-0.05, 0) is 24.6 Å². The van der Waals surface area contributed by atoms with Gasteiger partial charge in [0.25, 0.3) is 0 Å². The zero-order valence-electron chi connectivity index (χ0n) is 10.7. The number of nitrogens with zero attached hydrogens (tertiary/aromatic N) is 1. The van der Waals surface area contributed by atoms with Crippen molar-refractivity contribution < 1.29 is 4.79 Å². The second-order valence-corrected chi connectivity index (χ2v) is 4.74. The van der Waals surface area contributed by atoms with Gasteiger partial charge in [-0.3, -0.25) is 9.78 Å². The molecule has 0 saturated heterocycles. The van der Waals surface area contributed by atoms with Crippen LogP contribution in [0.3, 0.4) is 0 Å². The van der Waals surface area contributed by atoms with Crippen molar-refractivity contribution >= 4 is 17.3 Å². The molecule has 3 heteroatoms. The first-order valence-electron chi connectivity index (χ1n) is 6.23. The van der Waals surface area contributed by atoms with Gasteiger partial charge in [0.05, 0.1) is 11.0 Å². The summed E-state index contributed by atoms with van der Waals surface area (Å²) in [6, 6.07) is 12.1. The van der Waals surface area contributed by atoms with E-state index in [-0.39, 0.29) is 0 Å². The largest absolute Gasteiger partial charge is 0.356 e. The van der Waals surface area contributed by atoms with Crippen LogP contribution in [0.4, 0.5) is 0 Å². The minimum atomic E-state index is 0.653. The molecule has 19 heavy (non-hydrogen) atoms. The van der Waals surface area contributed by atoms with Crippen molar-refractivity contribution in [1.82, 2.24) is 9.97 Å². The van der Waals surface area contributed by atoms with Gasteiger partial charge in [-0.1, -0.05) is 29.8 Å². The number of aldehydes is 1. The van der Waals surface area contributed by atoms with E-state index in [1.54, 1.807) is 12.3 Å². The average Bonchev–Trinajstić information content (AvgIpc) is 2.80. The highest BCUT2D eigenvalue weighted by molar-refractivity contribution is 5.94. The number of aromatic amines is 1. The van der Waals surface area contributed by atoms with Crippen LogP contribution in [-0.4, -0.2) is 16.3 Å². The molecular weight excluding hydrogens is 236 g/mol. The minimum absolute atomic E-state index is 0.653. The van der Waals surface area contributed by atoms with Gasteiger partial charge in [-0.25, -0.2) is 0 Å². The van der Waals surface area contributed by atoms with Crippen LogP contribution < -0.4 is 0 Å². The number of nitrogens with one attached hydrogen (secondary N) is 1. The fourth-order valence-electron chi connectivity index (χ4n) is 2.34. The highest BCUT2D eigenvalue weighted by Gasteiger charge is 2.06. The molecule has 3 nitrogen and oxygen atoms in total. The third-order valence-electron chi connectivity index (χ3n) is 3.21. The monoisotopic (exact) mass is 250 g/mol. The number of rotatable bonds is 3. The molecule has 0 aliphatic heterocycles. The second kappa shape index (κ2) is 4.69. The Hall–Kier alpha value is -2.42. The summed E-state index contributed by atoms with van der Waals surface area (Å²) in [6.07, 6.45) is 3.34. The van der Waals surface area contributed by atoms with Crippen molar-refractivity contribution in [3.05, 3.63) is 65.0 Å². The molecule has 0 atom stereocenters. The first-order valence-corrected chi connectivity index (χ1v) is 6.23. The van der Waals surface area contributed by atoms with E-state index in [0.717, 1.165) is 29.4 Å². The van der Waals surface area contributed by atoms with Crippen LogP contribution in [0, 0.1) is 6.92 Å². The van der Waals surface area contributed by atoms with Crippen LogP contribution in [0.2, 0.25) is 0 Å². The van der Waals surface area contributed by atoms with Gasteiger partial charge < -0.3 is 4.98 Å². The van der Waals surface area contributed by atoms with Crippen LogP contribution >= 0.6 is 0 Å². The van der Waals surface area contributed by atoms with Crippen LogP contribution in [-0.2, 0) is 6.42 Å².